The summed E-state index contributed by atoms with van der Waals surface area (Å²) in [7, 11) is 1.82. The summed E-state index contributed by atoms with van der Waals surface area (Å²) < 4.78 is 20.5. The molecule has 1 N–H and O–H groups in total. The maximum absolute atomic E-state index is 13.6. The van der Waals surface area contributed by atoms with Gasteiger partial charge in [0.25, 0.3) is 5.91 Å². The highest BCUT2D eigenvalue weighted by Crippen LogP contribution is 2.22. The fourth-order valence-corrected chi connectivity index (χ4v) is 2.47. The van der Waals surface area contributed by atoms with Crippen LogP contribution in [0.15, 0.2) is 53.4 Å². The minimum Gasteiger partial charge on any atom is -0.469 e. The minimum absolute atomic E-state index is 0.298. The molecule has 1 aromatic carbocycles. The Labute approximate surface area is 132 Å². The van der Waals surface area contributed by atoms with Gasteiger partial charge in [-0.2, -0.15) is 0 Å². The monoisotopic (exact) mass is 313 g/mol. The third-order valence-electron chi connectivity index (χ3n) is 3.68. The highest BCUT2D eigenvalue weighted by Gasteiger charge is 2.23. The van der Waals surface area contributed by atoms with Crippen LogP contribution < -0.4 is 5.32 Å². The first-order chi connectivity index (χ1) is 11.1. The zero-order valence-electron chi connectivity index (χ0n) is 12.8. The SMILES string of the molecule is Cc1occc1C(=O)N[C@H](c1cccc(F)c1)c1nccn1C. The number of aryl methyl sites for hydroxylation is 2. The molecule has 0 aliphatic heterocycles. The molecule has 0 radical (unpaired) electrons. The van der Waals surface area contributed by atoms with Gasteiger partial charge in [-0.05, 0) is 30.7 Å². The Hall–Kier alpha value is -2.89. The number of halogens is 1. The van der Waals surface area contributed by atoms with E-state index in [1.807, 2.05) is 7.05 Å². The lowest BCUT2D eigenvalue weighted by molar-refractivity contribution is 0.0939. The third kappa shape index (κ3) is 3.01. The second kappa shape index (κ2) is 6.08. The number of nitrogens with zero attached hydrogens (tertiary/aromatic N) is 2. The highest BCUT2D eigenvalue weighted by atomic mass is 19.1. The fourth-order valence-electron chi connectivity index (χ4n) is 2.47. The molecule has 3 rings (SSSR count). The summed E-state index contributed by atoms with van der Waals surface area (Å²) in [5.41, 5.74) is 1.06. The summed E-state index contributed by atoms with van der Waals surface area (Å²) in [5, 5.41) is 2.90. The van der Waals surface area contributed by atoms with Crippen LogP contribution >= 0.6 is 0 Å². The highest BCUT2D eigenvalue weighted by molar-refractivity contribution is 5.95. The van der Waals surface area contributed by atoms with Crippen LogP contribution in [0, 0.1) is 12.7 Å². The van der Waals surface area contributed by atoms with Crippen molar-refractivity contribution >= 4 is 5.91 Å². The van der Waals surface area contributed by atoms with Gasteiger partial charge in [0.15, 0.2) is 0 Å². The molecule has 6 heteroatoms. The van der Waals surface area contributed by atoms with Crippen molar-refractivity contribution < 1.29 is 13.6 Å². The minimum atomic E-state index is -0.563. The Balaban J connectivity index is 1.98. The lowest BCUT2D eigenvalue weighted by atomic mass is 10.1. The van der Waals surface area contributed by atoms with E-state index in [4.69, 9.17) is 4.42 Å². The smallest absolute Gasteiger partial charge is 0.255 e. The van der Waals surface area contributed by atoms with Crippen molar-refractivity contribution in [3.8, 4) is 0 Å². The van der Waals surface area contributed by atoms with Gasteiger partial charge in [0.2, 0.25) is 0 Å². The standard InChI is InChI=1S/C17H16FN3O2/c1-11-14(6-9-23-11)17(22)20-15(16-19-7-8-21(16)2)12-4-3-5-13(18)10-12/h3-10,15H,1-2H3,(H,20,22)/t15-/m1/s1. The van der Waals surface area contributed by atoms with Gasteiger partial charge < -0.3 is 14.3 Å². The van der Waals surface area contributed by atoms with Crippen molar-refractivity contribution in [1.29, 1.82) is 0 Å². The van der Waals surface area contributed by atoms with Crippen LogP contribution in [0.1, 0.15) is 33.5 Å². The number of hydrogen-bond donors (Lipinski definition) is 1. The van der Waals surface area contributed by atoms with Gasteiger partial charge in [-0.15, -0.1) is 0 Å². The van der Waals surface area contributed by atoms with Crippen LogP contribution in [0.2, 0.25) is 0 Å². The molecule has 0 unspecified atom stereocenters. The summed E-state index contributed by atoms with van der Waals surface area (Å²) in [6.07, 6.45) is 4.87. The average Bonchev–Trinajstić information content (AvgIpc) is 3.13. The predicted octanol–water partition coefficient (Wildman–Crippen LogP) is 2.98. The van der Waals surface area contributed by atoms with Crippen molar-refractivity contribution in [1.82, 2.24) is 14.9 Å². The lowest BCUT2D eigenvalue weighted by Gasteiger charge is -2.19. The van der Waals surface area contributed by atoms with Gasteiger partial charge in [-0.25, -0.2) is 9.37 Å². The average molecular weight is 313 g/mol. The van der Waals surface area contributed by atoms with E-state index >= 15 is 0 Å². The van der Waals surface area contributed by atoms with Crippen LogP contribution in [-0.2, 0) is 7.05 Å². The van der Waals surface area contributed by atoms with E-state index in [0.717, 1.165) is 0 Å². The molecule has 0 aliphatic rings. The first kappa shape index (κ1) is 15.0. The molecule has 1 atom stereocenters. The summed E-state index contributed by atoms with van der Waals surface area (Å²) in [5.74, 6) is 0.481. The number of rotatable bonds is 4. The molecule has 3 aromatic rings. The zero-order chi connectivity index (χ0) is 16.4. The number of carbonyl (C=O) groups excluding carboxylic acids is 1. The van der Waals surface area contributed by atoms with Crippen LogP contribution in [0.3, 0.4) is 0 Å². The molecule has 2 aromatic heterocycles. The maximum Gasteiger partial charge on any atom is 0.255 e. The molecule has 0 saturated carbocycles. The number of carbonyl (C=O) groups is 1. The molecule has 0 fully saturated rings. The summed E-state index contributed by atoms with van der Waals surface area (Å²) >= 11 is 0. The summed E-state index contributed by atoms with van der Waals surface area (Å²) in [4.78, 5) is 16.8. The molecular weight excluding hydrogens is 297 g/mol. The fraction of sp³-hybridized carbons (Fsp3) is 0.176. The topological polar surface area (TPSA) is 60.1 Å². The van der Waals surface area contributed by atoms with Gasteiger partial charge in [-0.3, -0.25) is 4.79 Å². The van der Waals surface area contributed by atoms with Crippen molar-refractivity contribution in [3.05, 3.63) is 77.5 Å². The predicted molar refractivity (Wildman–Crippen MR) is 82.4 cm³/mol. The van der Waals surface area contributed by atoms with Crippen molar-refractivity contribution in [3.63, 3.8) is 0 Å². The van der Waals surface area contributed by atoms with Crippen LogP contribution in [-0.4, -0.2) is 15.5 Å². The molecule has 0 aliphatic carbocycles. The zero-order valence-corrected chi connectivity index (χ0v) is 12.8. The van der Waals surface area contributed by atoms with E-state index in [2.05, 4.69) is 10.3 Å². The Kier molecular flexibility index (Phi) is 3.97. The number of hydrogen-bond acceptors (Lipinski definition) is 3. The third-order valence-corrected chi connectivity index (χ3v) is 3.68. The molecule has 0 bridgehead atoms. The summed E-state index contributed by atoms with van der Waals surface area (Å²) in [6, 6.07) is 7.16. The number of furan rings is 1. The normalized spacial score (nSPS) is 12.1. The van der Waals surface area contributed by atoms with Gasteiger partial charge in [-0.1, -0.05) is 12.1 Å². The number of aromatic nitrogens is 2. The lowest BCUT2D eigenvalue weighted by Crippen LogP contribution is -2.31. The molecular formula is C17H16FN3O2. The first-order valence-corrected chi connectivity index (χ1v) is 7.14. The molecule has 118 valence electrons. The van der Waals surface area contributed by atoms with E-state index in [-0.39, 0.29) is 11.7 Å². The van der Waals surface area contributed by atoms with Gasteiger partial charge in [0.05, 0.1) is 11.8 Å². The Morgan fingerprint density at radius 2 is 2.22 bits per heavy atom. The van der Waals surface area contributed by atoms with Crippen LogP contribution in [0.5, 0.6) is 0 Å². The molecule has 2 heterocycles. The summed E-state index contributed by atoms with van der Waals surface area (Å²) in [6.45, 7) is 1.72. The molecule has 1 amide bonds. The molecule has 23 heavy (non-hydrogen) atoms. The molecule has 5 nitrogen and oxygen atoms in total. The Morgan fingerprint density at radius 3 is 2.83 bits per heavy atom. The van der Waals surface area contributed by atoms with Crippen molar-refractivity contribution in [2.45, 2.75) is 13.0 Å². The van der Waals surface area contributed by atoms with Crippen LogP contribution in [0.25, 0.3) is 0 Å². The van der Waals surface area contributed by atoms with E-state index in [9.17, 15) is 9.18 Å². The second-order valence-electron chi connectivity index (χ2n) is 5.25. The first-order valence-electron chi connectivity index (χ1n) is 7.14. The Bertz CT molecular complexity index is 838. The van der Waals surface area contributed by atoms with Gasteiger partial charge in [0, 0.05) is 19.4 Å². The van der Waals surface area contributed by atoms with Gasteiger partial charge in [0.1, 0.15) is 23.4 Å². The van der Waals surface area contributed by atoms with Crippen molar-refractivity contribution in [2.75, 3.05) is 0 Å². The number of imidazole rings is 1. The van der Waals surface area contributed by atoms with Gasteiger partial charge >= 0.3 is 0 Å². The second-order valence-corrected chi connectivity index (χ2v) is 5.25. The number of amides is 1. The number of nitrogens with one attached hydrogen (secondary N) is 1. The van der Waals surface area contributed by atoms with Crippen LogP contribution in [0.4, 0.5) is 4.39 Å². The Morgan fingerprint density at radius 1 is 1.39 bits per heavy atom. The molecule has 0 spiro atoms. The number of benzene rings is 1. The van der Waals surface area contributed by atoms with Crippen molar-refractivity contribution in [2.24, 2.45) is 7.05 Å². The maximum atomic E-state index is 13.6. The molecule has 0 saturated heterocycles. The van der Waals surface area contributed by atoms with E-state index in [1.54, 1.807) is 42.1 Å². The van der Waals surface area contributed by atoms with E-state index < -0.39 is 6.04 Å². The van der Waals surface area contributed by atoms with E-state index in [0.29, 0.717) is 22.7 Å². The largest absolute Gasteiger partial charge is 0.469 e. The van der Waals surface area contributed by atoms with E-state index in [1.165, 1.54) is 18.4 Å². The quantitative estimate of drug-likeness (QED) is 0.805.